The summed E-state index contributed by atoms with van der Waals surface area (Å²) >= 11 is 0. The summed E-state index contributed by atoms with van der Waals surface area (Å²) in [5.41, 5.74) is -0.855. The Morgan fingerprint density at radius 2 is 1.18 bits per heavy atom. The van der Waals surface area contributed by atoms with Crippen molar-refractivity contribution in [1.82, 2.24) is 4.90 Å². The molecule has 8 nitrogen and oxygen atoms in total. The number of carbonyl (C=O) groups excluding carboxylic acids is 3. The molecule has 10 heteroatoms. The Balaban J connectivity index is 3.36. The lowest BCUT2D eigenvalue weighted by molar-refractivity contribution is -0.146. The van der Waals surface area contributed by atoms with Gasteiger partial charge in [-0.2, -0.15) is 0 Å². The fourth-order valence-corrected chi connectivity index (χ4v) is 4.70. The highest BCUT2D eigenvalue weighted by Gasteiger charge is 2.55. The Labute approximate surface area is 201 Å². The van der Waals surface area contributed by atoms with Gasteiger partial charge in [-0.1, -0.05) is 41.5 Å². The molecule has 1 heterocycles. The van der Waals surface area contributed by atoms with Gasteiger partial charge in [0.25, 0.3) is 16.6 Å². The predicted molar refractivity (Wildman–Crippen MR) is 133 cm³/mol. The van der Waals surface area contributed by atoms with Gasteiger partial charge in [-0.25, -0.2) is 4.79 Å². The SMILES string of the molecule is CC(C)(C)OC(=O)N1[C@@H](C(=O)O[Si](C)(C)C(C)(C)C)C[C@H](O)[C@H]1C(=O)O[Si](C)(C)C(C)(C)C. The topological polar surface area (TPSA) is 102 Å². The Kier molecular flexibility index (Phi) is 8.38. The van der Waals surface area contributed by atoms with Crippen LogP contribution in [0.1, 0.15) is 68.7 Å². The molecule has 1 fully saturated rings. The van der Waals surface area contributed by atoms with Gasteiger partial charge >= 0.3 is 18.0 Å². The molecule has 1 aliphatic heterocycles. The first-order chi connectivity index (χ1) is 14.4. The molecule has 0 unspecified atom stereocenters. The lowest BCUT2D eigenvalue weighted by atomic mass is 10.1. The molecule has 1 aliphatic rings. The lowest BCUT2D eigenvalue weighted by Crippen LogP contribution is -2.56. The average Bonchev–Trinajstić information content (AvgIpc) is 2.88. The maximum Gasteiger partial charge on any atom is 0.411 e. The van der Waals surface area contributed by atoms with Crippen LogP contribution in [0.3, 0.4) is 0 Å². The molecule has 1 rings (SSSR count). The van der Waals surface area contributed by atoms with Crippen molar-refractivity contribution in [2.24, 2.45) is 0 Å². The lowest BCUT2D eigenvalue weighted by Gasteiger charge is -2.39. The predicted octanol–water partition coefficient (Wildman–Crippen LogP) is 4.82. The molecule has 0 aromatic heterocycles. The summed E-state index contributed by atoms with van der Waals surface area (Å²) in [7, 11) is -5.04. The zero-order valence-corrected chi connectivity index (χ0v) is 24.8. The molecule has 0 bridgehead atoms. The molecule has 33 heavy (non-hydrogen) atoms. The van der Waals surface area contributed by atoms with Crippen molar-refractivity contribution < 1.29 is 33.1 Å². The third-order valence-corrected chi connectivity index (χ3v) is 15.6. The van der Waals surface area contributed by atoms with Crippen molar-refractivity contribution in [3.05, 3.63) is 0 Å². The minimum atomic E-state index is -2.54. The van der Waals surface area contributed by atoms with E-state index in [0.29, 0.717) is 0 Å². The number of hydrogen-bond donors (Lipinski definition) is 1. The van der Waals surface area contributed by atoms with Crippen molar-refractivity contribution in [2.45, 2.75) is 129 Å². The monoisotopic (exact) mass is 503 g/mol. The molecule has 0 aromatic rings. The maximum atomic E-state index is 13.3. The molecule has 0 radical (unpaired) electrons. The fraction of sp³-hybridized carbons (Fsp3) is 0.870. The van der Waals surface area contributed by atoms with Crippen molar-refractivity contribution in [3.63, 3.8) is 0 Å². The van der Waals surface area contributed by atoms with Crippen LogP contribution in [-0.2, 0) is 23.2 Å². The van der Waals surface area contributed by atoms with E-state index < -0.39 is 58.5 Å². The van der Waals surface area contributed by atoms with E-state index in [2.05, 4.69) is 0 Å². The van der Waals surface area contributed by atoms with E-state index in [1.165, 1.54) is 0 Å². The van der Waals surface area contributed by atoms with Crippen LogP contribution >= 0.6 is 0 Å². The molecule has 3 atom stereocenters. The molecule has 0 spiro atoms. The zero-order chi connectivity index (χ0) is 26.4. The molecular weight excluding hydrogens is 458 g/mol. The number of likely N-dealkylation sites (tertiary alicyclic amines) is 1. The van der Waals surface area contributed by atoms with Gasteiger partial charge in [0, 0.05) is 6.42 Å². The van der Waals surface area contributed by atoms with Crippen molar-refractivity contribution in [3.8, 4) is 0 Å². The van der Waals surface area contributed by atoms with Crippen LogP contribution in [0.25, 0.3) is 0 Å². The van der Waals surface area contributed by atoms with Crippen LogP contribution < -0.4 is 0 Å². The van der Waals surface area contributed by atoms with Crippen molar-refractivity contribution in [1.29, 1.82) is 0 Å². The number of aliphatic hydroxyl groups excluding tert-OH is 1. The number of nitrogens with zero attached hydrogens (tertiary/aromatic N) is 1. The van der Waals surface area contributed by atoms with Crippen LogP contribution in [0.5, 0.6) is 0 Å². The quantitative estimate of drug-likeness (QED) is 0.549. The van der Waals surface area contributed by atoms with Crippen LogP contribution in [0.4, 0.5) is 4.79 Å². The number of ether oxygens (including phenoxy) is 1. The number of rotatable bonds is 4. The van der Waals surface area contributed by atoms with Gasteiger partial charge in [-0.15, -0.1) is 0 Å². The molecule has 1 amide bonds. The number of hydrogen-bond acceptors (Lipinski definition) is 7. The Hall–Kier alpha value is -1.40. The highest BCUT2D eigenvalue weighted by atomic mass is 28.4. The van der Waals surface area contributed by atoms with E-state index in [4.69, 9.17) is 13.6 Å². The molecule has 0 aromatic carbocycles. The highest BCUT2D eigenvalue weighted by Crippen LogP contribution is 2.40. The second kappa shape index (κ2) is 9.33. The van der Waals surface area contributed by atoms with Crippen molar-refractivity contribution in [2.75, 3.05) is 0 Å². The van der Waals surface area contributed by atoms with Crippen LogP contribution in [-0.4, -0.2) is 68.5 Å². The maximum absolute atomic E-state index is 13.3. The van der Waals surface area contributed by atoms with E-state index in [-0.39, 0.29) is 16.5 Å². The van der Waals surface area contributed by atoms with Gasteiger partial charge in [0.15, 0.2) is 6.04 Å². The van der Waals surface area contributed by atoms with E-state index in [0.717, 1.165) is 4.90 Å². The molecule has 192 valence electrons. The Morgan fingerprint density at radius 3 is 1.55 bits per heavy atom. The molecule has 1 N–H and O–H groups in total. The second-order valence-corrected chi connectivity index (χ2v) is 22.5. The smallest absolute Gasteiger partial charge is 0.411 e. The number of carbonyl (C=O) groups is 3. The zero-order valence-electron chi connectivity index (χ0n) is 22.8. The first kappa shape index (κ1) is 29.6. The first-order valence-electron chi connectivity index (χ1n) is 11.6. The van der Waals surface area contributed by atoms with Gasteiger partial charge in [-0.05, 0) is 57.0 Å². The van der Waals surface area contributed by atoms with E-state index in [1.807, 2.05) is 67.7 Å². The molecular formula is C23H45NO7Si2. The first-order valence-corrected chi connectivity index (χ1v) is 17.4. The molecule has 0 aliphatic carbocycles. The standard InChI is InChI=1S/C23H45NO7Si2/c1-21(2,3)29-20(28)24-15(18(26)30-32(10,11)22(4,5)6)14-16(25)17(24)19(27)31-33(12,13)23(7,8)9/h15-17,25H,14H2,1-13H3/t15-,16+,17+/m1/s1. The second-order valence-electron chi connectivity index (χ2n) is 13.0. The Bertz CT molecular complexity index is 760. The summed E-state index contributed by atoms with van der Waals surface area (Å²) in [5, 5.41) is 10.3. The third-order valence-electron chi connectivity index (χ3n) is 6.91. The van der Waals surface area contributed by atoms with Crippen molar-refractivity contribution >= 4 is 34.7 Å². The summed E-state index contributed by atoms with van der Waals surface area (Å²) in [6.45, 7) is 24.7. The minimum absolute atomic E-state index is 0.121. The summed E-state index contributed by atoms with van der Waals surface area (Å²) in [4.78, 5) is 40.7. The van der Waals surface area contributed by atoms with Gasteiger partial charge in [0.05, 0.1) is 6.10 Å². The van der Waals surface area contributed by atoms with Gasteiger partial charge in [-0.3, -0.25) is 14.5 Å². The van der Waals surface area contributed by atoms with Gasteiger partial charge < -0.3 is 18.7 Å². The van der Waals surface area contributed by atoms with E-state index >= 15 is 0 Å². The van der Waals surface area contributed by atoms with Crippen LogP contribution in [0, 0.1) is 0 Å². The molecule has 1 saturated heterocycles. The number of amides is 1. The van der Waals surface area contributed by atoms with E-state index in [9.17, 15) is 19.5 Å². The summed E-state index contributed by atoms with van der Waals surface area (Å²) < 4.78 is 17.3. The fourth-order valence-electron chi connectivity index (χ4n) is 2.82. The molecule has 0 saturated carbocycles. The summed E-state index contributed by atoms with van der Waals surface area (Å²) in [5.74, 6) is -1.35. The van der Waals surface area contributed by atoms with Crippen LogP contribution in [0.15, 0.2) is 0 Å². The van der Waals surface area contributed by atoms with Gasteiger partial charge in [0.1, 0.15) is 11.6 Å². The third kappa shape index (κ3) is 7.05. The van der Waals surface area contributed by atoms with Crippen LogP contribution in [0.2, 0.25) is 36.3 Å². The summed E-state index contributed by atoms with van der Waals surface area (Å²) in [6.07, 6.45) is -2.25. The van der Waals surface area contributed by atoms with Gasteiger partial charge in [0.2, 0.25) is 0 Å². The highest BCUT2D eigenvalue weighted by molar-refractivity contribution is 6.76. The van der Waals surface area contributed by atoms with E-state index in [1.54, 1.807) is 20.8 Å². The normalized spacial score (nSPS) is 22.7. The number of aliphatic hydroxyl groups is 1. The Morgan fingerprint density at radius 1 is 0.788 bits per heavy atom. The average molecular weight is 504 g/mol. The minimum Gasteiger partial charge on any atom is -0.518 e. The summed E-state index contributed by atoms with van der Waals surface area (Å²) in [6, 6.07) is -2.48. The largest absolute Gasteiger partial charge is 0.518 e.